The maximum Gasteiger partial charge on any atom is 0.235 e. The monoisotopic (exact) mass is 626 g/mol. The summed E-state index contributed by atoms with van der Waals surface area (Å²) in [6.07, 6.45) is 0. The molecule has 0 saturated heterocycles. The van der Waals surface area contributed by atoms with Crippen molar-refractivity contribution in [2.45, 2.75) is 0 Å². The lowest BCUT2D eigenvalue weighted by Crippen LogP contribution is -2.03. The highest BCUT2D eigenvalue weighted by molar-refractivity contribution is 6.39. The van der Waals surface area contributed by atoms with Crippen molar-refractivity contribution in [1.82, 2.24) is 19.1 Å². The van der Waals surface area contributed by atoms with E-state index in [9.17, 15) is 0 Å². The minimum absolute atomic E-state index is 0.604. The number of para-hydroxylation sites is 5. The summed E-state index contributed by atoms with van der Waals surface area (Å²) in [6, 6.07) is 55.0. The molecule has 5 heteroatoms. The summed E-state index contributed by atoms with van der Waals surface area (Å²) in [5.74, 6) is 0.604. The van der Waals surface area contributed by atoms with Crippen LogP contribution in [0.3, 0.4) is 0 Å². The van der Waals surface area contributed by atoms with E-state index in [2.05, 4.69) is 149 Å². The molecule has 0 N–H and O–H groups in total. The molecule has 0 atom stereocenters. The Labute approximate surface area is 279 Å². The van der Waals surface area contributed by atoms with Crippen LogP contribution in [0.5, 0.6) is 0 Å². The predicted octanol–water partition coefficient (Wildman–Crippen LogP) is 11.4. The Morgan fingerprint density at radius 2 is 1.02 bits per heavy atom. The van der Waals surface area contributed by atoms with Gasteiger partial charge in [-0.1, -0.05) is 121 Å². The van der Waals surface area contributed by atoms with Gasteiger partial charge in [0.2, 0.25) is 5.95 Å². The Morgan fingerprint density at radius 3 is 1.80 bits per heavy atom. The van der Waals surface area contributed by atoms with Crippen LogP contribution in [0.2, 0.25) is 0 Å². The third-order valence-corrected chi connectivity index (χ3v) is 9.90. The highest BCUT2D eigenvalue weighted by Gasteiger charge is 2.28. The summed E-state index contributed by atoms with van der Waals surface area (Å²) in [5.41, 5.74) is 9.87. The number of fused-ring (bicyclic) bond motifs is 13. The van der Waals surface area contributed by atoms with Crippen molar-refractivity contribution in [2.24, 2.45) is 0 Å². The Hall–Kier alpha value is -6.72. The van der Waals surface area contributed by atoms with Crippen LogP contribution in [0.25, 0.3) is 99.3 Å². The van der Waals surface area contributed by atoms with Gasteiger partial charge in [0.05, 0.1) is 27.8 Å². The molecule has 0 radical (unpaired) electrons. The molecule has 11 rings (SSSR count). The van der Waals surface area contributed by atoms with Crippen molar-refractivity contribution in [2.75, 3.05) is 0 Å². The predicted molar refractivity (Wildman–Crippen MR) is 201 cm³/mol. The first-order valence-corrected chi connectivity index (χ1v) is 16.5. The largest absolute Gasteiger partial charge is 0.454 e. The first kappa shape index (κ1) is 26.4. The maximum atomic E-state index is 6.95. The molecule has 0 fully saturated rings. The van der Waals surface area contributed by atoms with Crippen LogP contribution in [0.15, 0.2) is 162 Å². The minimum Gasteiger partial charge on any atom is -0.454 e. The van der Waals surface area contributed by atoms with Gasteiger partial charge in [0.1, 0.15) is 11.1 Å². The van der Waals surface area contributed by atoms with E-state index in [0.29, 0.717) is 5.95 Å². The van der Waals surface area contributed by atoms with Crippen molar-refractivity contribution in [3.05, 3.63) is 158 Å². The number of aromatic nitrogens is 4. The molecule has 0 saturated carbocycles. The number of hydrogen-bond acceptors (Lipinski definition) is 3. The molecule has 4 aromatic heterocycles. The fourth-order valence-corrected chi connectivity index (χ4v) is 7.92. The number of nitrogens with zero attached hydrogens (tertiary/aromatic N) is 4. The van der Waals surface area contributed by atoms with Crippen LogP contribution in [0, 0.1) is 0 Å². The Morgan fingerprint density at radius 1 is 0.429 bits per heavy atom. The van der Waals surface area contributed by atoms with Gasteiger partial charge in [-0.25, -0.2) is 9.97 Å². The quantitative estimate of drug-likeness (QED) is 0.196. The molecule has 0 aliphatic rings. The maximum absolute atomic E-state index is 6.95. The number of rotatable bonds is 3. The van der Waals surface area contributed by atoms with Gasteiger partial charge in [0.15, 0.2) is 5.58 Å². The third kappa shape index (κ3) is 3.59. The second-order valence-electron chi connectivity index (χ2n) is 12.5. The zero-order valence-electron chi connectivity index (χ0n) is 26.2. The lowest BCUT2D eigenvalue weighted by Gasteiger charge is -2.12. The molecule has 7 aromatic carbocycles. The summed E-state index contributed by atoms with van der Waals surface area (Å²) in [5, 5.41) is 7.78. The molecule has 0 aliphatic heterocycles. The highest BCUT2D eigenvalue weighted by Crippen LogP contribution is 2.49. The van der Waals surface area contributed by atoms with Crippen LogP contribution < -0.4 is 0 Å². The van der Waals surface area contributed by atoms with Gasteiger partial charge in [-0.3, -0.25) is 4.57 Å². The van der Waals surface area contributed by atoms with E-state index in [-0.39, 0.29) is 0 Å². The van der Waals surface area contributed by atoms with Gasteiger partial charge in [-0.15, -0.1) is 0 Å². The van der Waals surface area contributed by atoms with Gasteiger partial charge in [-0.05, 0) is 36.4 Å². The summed E-state index contributed by atoms with van der Waals surface area (Å²) < 4.78 is 11.6. The molecule has 228 valence electrons. The molecule has 5 nitrogen and oxygen atoms in total. The molecular weight excluding hydrogens is 601 g/mol. The van der Waals surface area contributed by atoms with E-state index in [1.807, 2.05) is 18.2 Å². The van der Waals surface area contributed by atoms with E-state index < -0.39 is 0 Å². The van der Waals surface area contributed by atoms with Gasteiger partial charge < -0.3 is 8.98 Å². The van der Waals surface area contributed by atoms with Crippen LogP contribution in [0.4, 0.5) is 0 Å². The molecule has 0 aliphatic carbocycles. The van der Waals surface area contributed by atoms with E-state index in [4.69, 9.17) is 14.4 Å². The lowest BCUT2D eigenvalue weighted by atomic mass is 10.0. The molecule has 0 bridgehead atoms. The van der Waals surface area contributed by atoms with Gasteiger partial charge in [0.25, 0.3) is 0 Å². The molecule has 0 unspecified atom stereocenters. The highest BCUT2D eigenvalue weighted by atomic mass is 16.3. The average Bonchev–Trinajstić information content (AvgIpc) is 3.83. The minimum atomic E-state index is 0.604. The van der Waals surface area contributed by atoms with E-state index in [0.717, 1.165) is 82.6 Å². The smallest absolute Gasteiger partial charge is 0.235 e. The summed E-state index contributed by atoms with van der Waals surface area (Å²) in [6.45, 7) is 0. The summed E-state index contributed by atoms with van der Waals surface area (Å²) >= 11 is 0. The zero-order valence-corrected chi connectivity index (χ0v) is 26.2. The average molecular weight is 627 g/mol. The van der Waals surface area contributed by atoms with Crippen LogP contribution >= 0.6 is 0 Å². The van der Waals surface area contributed by atoms with Gasteiger partial charge in [0, 0.05) is 49.0 Å². The fourth-order valence-electron chi connectivity index (χ4n) is 7.92. The Kier molecular flexibility index (Phi) is 5.32. The normalized spacial score (nSPS) is 12.1. The standard InChI is InChI=1S/C44H26N4O/c1-3-15-27(16-4-1)40-29-19-7-11-23-33(29)45-44(46-40)48-35-25-13-9-21-31(35)39-41-37(38-32-22-10-14-26-36(32)49-43(38)42(39)48)30-20-8-12-24-34(30)47(41)28-17-5-2-6-18-28/h1-26H. The zero-order chi connectivity index (χ0) is 32.1. The second kappa shape index (κ2) is 9.89. The molecule has 0 amide bonds. The van der Waals surface area contributed by atoms with Gasteiger partial charge >= 0.3 is 0 Å². The van der Waals surface area contributed by atoms with Crippen LogP contribution in [-0.4, -0.2) is 19.1 Å². The van der Waals surface area contributed by atoms with Gasteiger partial charge in [-0.2, -0.15) is 0 Å². The molecule has 11 aromatic rings. The lowest BCUT2D eigenvalue weighted by molar-refractivity contribution is 0.671. The van der Waals surface area contributed by atoms with Crippen LogP contribution in [0.1, 0.15) is 0 Å². The van der Waals surface area contributed by atoms with E-state index >= 15 is 0 Å². The molecule has 4 heterocycles. The number of hydrogen-bond donors (Lipinski definition) is 0. The van der Waals surface area contributed by atoms with Crippen LogP contribution in [-0.2, 0) is 0 Å². The molecular formula is C44H26N4O. The third-order valence-electron chi connectivity index (χ3n) is 9.90. The first-order chi connectivity index (χ1) is 24.3. The van der Waals surface area contributed by atoms with E-state index in [1.165, 1.54) is 10.8 Å². The molecule has 0 spiro atoms. The van der Waals surface area contributed by atoms with Crippen molar-refractivity contribution in [3.63, 3.8) is 0 Å². The topological polar surface area (TPSA) is 48.8 Å². The van der Waals surface area contributed by atoms with Crippen molar-refractivity contribution in [3.8, 4) is 22.9 Å². The second-order valence-corrected chi connectivity index (χ2v) is 12.5. The number of furan rings is 1. The number of benzene rings is 7. The van der Waals surface area contributed by atoms with Crippen molar-refractivity contribution >= 4 is 76.5 Å². The Balaban J connectivity index is 1.43. The van der Waals surface area contributed by atoms with Crippen molar-refractivity contribution in [1.29, 1.82) is 0 Å². The molecule has 49 heavy (non-hydrogen) atoms. The Bertz CT molecular complexity index is 3100. The summed E-state index contributed by atoms with van der Waals surface area (Å²) in [7, 11) is 0. The first-order valence-electron chi connectivity index (χ1n) is 16.5. The summed E-state index contributed by atoms with van der Waals surface area (Å²) in [4.78, 5) is 10.7. The van der Waals surface area contributed by atoms with E-state index in [1.54, 1.807) is 0 Å². The van der Waals surface area contributed by atoms with Crippen molar-refractivity contribution < 1.29 is 4.42 Å². The SMILES string of the molecule is c1ccc(-c2nc(-n3c4ccccc4c4c3c3oc5ccccc5c3c3c5ccccc5n(-c5ccccc5)c34)nc3ccccc23)cc1. The fraction of sp³-hybridized carbons (Fsp3) is 0.